The summed E-state index contributed by atoms with van der Waals surface area (Å²) in [5.41, 5.74) is 33.4. The van der Waals surface area contributed by atoms with Crippen LogP contribution in [0.4, 0.5) is 0 Å². The van der Waals surface area contributed by atoms with Gasteiger partial charge in [0.1, 0.15) is 0 Å². The molecule has 476 valence electrons. The second kappa shape index (κ2) is 55.7. The van der Waals surface area contributed by atoms with Gasteiger partial charge in [-0.15, -0.1) is 0 Å². The summed E-state index contributed by atoms with van der Waals surface area (Å²) in [6.07, 6.45) is 37.8. The number of amides is 3. The summed E-state index contributed by atoms with van der Waals surface area (Å²) < 4.78 is 17.7. The maximum atomic E-state index is 14.3. The topological polar surface area (TPSA) is 359 Å². The third-order valence-electron chi connectivity index (χ3n) is 14.2. The van der Waals surface area contributed by atoms with Gasteiger partial charge in [-0.1, -0.05) is 117 Å². The Morgan fingerprint density at radius 1 is 0.317 bits per heavy atom. The van der Waals surface area contributed by atoms with E-state index in [-0.39, 0.29) is 113 Å². The summed E-state index contributed by atoms with van der Waals surface area (Å²) in [7, 11) is 0. The van der Waals surface area contributed by atoms with Crippen molar-refractivity contribution in [2.75, 3.05) is 19.6 Å². The van der Waals surface area contributed by atoms with Gasteiger partial charge in [0.15, 0.2) is 0 Å². The molecule has 0 aromatic rings. The number of carbonyl (C=O) groups excluding carboxylic acids is 6. The van der Waals surface area contributed by atoms with Crippen LogP contribution in [0.2, 0.25) is 0 Å². The summed E-state index contributed by atoms with van der Waals surface area (Å²) in [4.78, 5) is 95.2. The molecule has 0 aliphatic heterocycles. The van der Waals surface area contributed by atoms with E-state index in [4.69, 9.17) is 42.8 Å². The van der Waals surface area contributed by atoms with Crippen molar-refractivity contribution in [3.8, 4) is 0 Å². The summed E-state index contributed by atoms with van der Waals surface area (Å²) in [6, 6.07) is -3.77. The zero-order chi connectivity index (χ0) is 60.7. The van der Waals surface area contributed by atoms with E-state index in [2.05, 4.69) is 51.7 Å². The van der Waals surface area contributed by atoms with Gasteiger partial charge < -0.3 is 0 Å². The zero-order valence-corrected chi connectivity index (χ0v) is 55.0. The minimum Gasteiger partial charge on any atom is -0.0654 e. The van der Waals surface area contributed by atoms with Gasteiger partial charge in [-0.25, -0.2) is 0 Å². The second-order valence-corrected chi connectivity index (χ2v) is 25.9. The third-order valence-corrected chi connectivity index (χ3v) is 18.0. The van der Waals surface area contributed by atoms with Crippen molar-refractivity contribution in [2.45, 2.75) is 309 Å². The molecule has 0 aromatic carbocycles. The summed E-state index contributed by atoms with van der Waals surface area (Å²) in [6.45, 7) is 7.04. The molecule has 0 aliphatic carbocycles. The summed E-state index contributed by atoms with van der Waals surface area (Å²) in [5.74, 6) is -4.59. The minimum absolute atomic E-state index is 0.0319. The van der Waals surface area contributed by atoms with E-state index in [1.807, 2.05) is 0 Å². The molecule has 0 unspecified atom stereocenters. The number of nitrogens with one attached hydrogen (secondary N) is 3. The van der Waals surface area contributed by atoms with Crippen molar-refractivity contribution >= 4 is 76.6 Å². The van der Waals surface area contributed by atoms with Gasteiger partial charge in [-0.05, 0) is 0 Å². The number of carbonyl (C=O) groups is 6. The fourth-order valence-electron chi connectivity index (χ4n) is 9.37. The standard InChI is InChI=1S/3C20H40N4O3.Bi/c3*1-2-3-4-5-6-7-8-9-10-11-12-15-18(25)24-17(19(26)27)14-13-16-23-20(21)22;/h3*17H,2-16H2,1H3,(H,24,25)(H,26,27)(H4,21,22,23);/q;;;+3/p-3/t3*17-;/m000./s1. The van der Waals surface area contributed by atoms with Gasteiger partial charge in [0.25, 0.3) is 0 Å². The molecule has 21 nitrogen and oxygen atoms in total. The predicted octanol–water partition coefficient (Wildman–Crippen LogP) is 9.32. The van der Waals surface area contributed by atoms with Crippen LogP contribution >= 0.6 is 0 Å². The molecule has 0 saturated carbocycles. The first-order chi connectivity index (χ1) is 39.6. The number of hydrogen-bond donors (Lipinski definition) is 9. The Bertz CT molecular complexity index is 1550. The van der Waals surface area contributed by atoms with Crippen molar-refractivity contribution in [2.24, 2.45) is 49.4 Å². The molecule has 15 N–H and O–H groups in total. The Morgan fingerprint density at radius 2 is 0.512 bits per heavy atom. The fourth-order valence-corrected chi connectivity index (χ4v) is 13.0. The van der Waals surface area contributed by atoms with E-state index >= 15 is 0 Å². The van der Waals surface area contributed by atoms with Crippen LogP contribution in [0.15, 0.2) is 15.0 Å². The van der Waals surface area contributed by atoms with Crippen molar-refractivity contribution in [3.05, 3.63) is 0 Å². The van der Waals surface area contributed by atoms with Crippen LogP contribution in [0.3, 0.4) is 0 Å². The van der Waals surface area contributed by atoms with E-state index < -0.39 is 59.1 Å². The summed E-state index contributed by atoms with van der Waals surface area (Å²) in [5, 5.41) is 8.34. The van der Waals surface area contributed by atoms with Crippen LogP contribution < -0.4 is 50.4 Å². The minimum atomic E-state index is -5.13. The van der Waals surface area contributed by atoms with Crippen molar-refractivity contribution < 1.29 is 37.2 Å². The number of hydrogen-bond acceptors (Lipinski definition) is 12. The van der Waals surface area contributed by atoms with Crippen molar-refractivity contribution in [3.63, 3.8) is 0 Å². The van der Waals surface area contributed by atoms with E-state index in [1.165, 1.54) is 116 Å². The van der Waals surface area contributed by atoms with Gasteiger partial charge in [0.05, 0.1) is 0 Å². The molecule has 0 rings (SSSR count). The van der Waals surface area contributed by atoms with E-state index in [0.717, 1.165) is 77.0 Å². The molecule has 0 aliphatic rings. The molecule has 0 fully saturated rings. The van der Waals surface area contributed by atoms with Gasteiger partial charge in [0.2, 0.25) is 0 Å². The first kappa shape index (κ1) is 77.5. The van der Waals surface area contributed by atoms with Crippen LogP contribution in [0.25, 0.3) is 0 Å². The number of aliphatic imine (C=N–C) groups is 3. The average molecular weight is 1360 g/mol. The predicted molar refractivity (Wildman–Crippen MR) is 333 cm³/mol. The molecular formula is C60H117BiN12O9. The molecule has 0 radical (unpaired) electrons. The number of nitrogens with zero attached hydrogens (tertiary/aromatic N) is 3. The van der Waals surface area contributed by atoms with E-state index in [0.29, 0.717) is 19.3 Å². The quantitative estimate of drug-likeness (QED) is 0.0118. The number of unbranched alkanes of at least 4 members (excludes halogenated alkanes) is 30. The van der Waals surface area contributed by atoms with Crippen LogP contribution in [0.5, 0.6) is 0 Å². The van der Waals surface area contributed by atoms with Crippen molar-refractivity contribution in [1.29, 1.82) is 0 Å². The molecule has 3 atom stereocenters. The Kier molecular flexibility index (Phi) is 52.6. The van der Waals surface area contributed by atoms with Crippen LogP contribution in [0, 0.1) is 0 Å². The molecule has 3 amide bonds. The Hall–Kier alpha value is -4.49. The monoisotopic (exact) mass is 1360 g/mol. The van der Waals surface area contributed by atoms with E-state index in [1.54, 1.807) is 0 Å². The number of rotatable bonds is 57. The van der Waals surface area contributed by atoms with Gasteiger partial charge in [-0.3, -0.25) is 0 Å². The third kappa shape index (κ3) is 50.1. The smallest absolute Gasteiger partial charge is 0.0654 e. The van der Waals surface area contributed by atoms with Gasteiger partial charge in [-0.2, -0.15) is 0 Å². The first-order valence-corrected chi connectivity index (χ1v) is 36.4. The second-order valence-electron chi connectivity index (χ2n) is 22.0. The number of nitrogens with two attached hydrogens (primary N) is 6. The Balaban J connectivity index is 6.50. The molecule has 0 aromatic heterocycles. The first-order valence-electron chi connectivity index (χ1n) is 32.1. The molecule has 22 heteroatoms. The molecule has 0 heterocycles. The Labute approximate surface area is 504 Å². The van der Waals surface area contributed by atoms with E-state index in [9.17, 15) is 28.8 Å². The van der Waals surface area contributed by atoms with Crippen molar-refractivity contribution in [1.82, 2.24) is 16.0 Å². The summed E-state index contributed by atoms with van der Waals surface area (Å²) >= 11 is -5.13. The zero-order valence-electron chi connectivity index (χ0n) is 51.5. The number of guanidine groups is 3. The molecule has 82 heavy (non-hydrogen) atoms. The maximum absolute atomic E-state index is 14.3. The molecule has 0 bridgehead atoms. The molecular weight excluding hydrogens is 1240 g/mol. The normalized spacial score (nSPS) is 12.1. The fraction of sp³-hybridized carbons (Fsp3) is 0.850. The average Bonchev–Trinajstić information content (AvgIpc) is 3.44. The van der Waals surface area contributed by atoms with Gasteiger partial charge in [0, 0.05) is 0 Å². The van der Waals surface area contributed by atoms with Crippen LogP contribution in [-0.4, -0.2) is 114 Å². The Morgan fingerprint density at radius 3 is 0.707 bits per heavy atom. The van der Waals surface area contributed by atoms with Gasteiger partial charge >= 0.3 is 390 Å². The van der Waals surface area contributed by atoms with Crippen LogP contribution in [-0.2, 0) is 37.2 Å². The SMILES string of the molecule is CCCCCCCCCCCCCC(=O)N[C@@H](CCCN=C(N)N)C(=O)[O][Bi]([O]C(=O)[C@H](CCCN=C(N)N)NC(=O)CCCCCCCCCCCCC)[O]C(=O)[C@H](CCCN=C(N)N)NC(=O)CCCCCCCCCCCCC. The van der Waals surface area contributed by atoms with Crippen LogP contribution in [0.1, 0.15) is 290 Å². The molecule has 0 spiro atoms. The molecule has 0 saturated heterocycles.